The lowest BCUT2D eigenvalue weighted by molar-refractivity contribution is 0.0719. The summed E-state index contributed by atoms with van der Waals surface area (Å²) in [5.41, 5.74) is 0.143. The fraction of sp³-hybridized carbons (Fsp3) is 0.267. The van der Waals surface area contributed by atoms with Crippen molar-refractivity contribution in [2.75, 3.05) is 23.8 Å². The Morgan fingerprint density at radius 3 is 2.48 bits per heavy atom. The van der Waals surface area contributed by atoms with Crippen LogP contribution in [-0.2, 0) is 0 Å². The molecule has 4 aromatic rings. The van der Waals surface area contributed by atoms with Crippen molar-refractivity contribution in [3.05, 3.63) is 87.9 Å². The molecule has 42 heavy (non-hydrogen) atoms. The molecule has 0 saturated heterocycles. The summed E-state index contributed by atoms with van der Waals surface area (Å²) in [7, 11) is 0. The Bertz CT molecular complexity index is 1680. The van der Waals surface area contributed by atoms with E-state index in [1.807, 2.05) is 0 Å². The molecule has 0 unspecified atom stereocenters. The first-order valence-electron chi connectivity index (χ1n) is 13.2. The van der Waals surface area contributed by atoms with Gasteiger partial charge in [-0.3, -0.25) is 14.3 Å². The third kappa shape index (κ3) is 6.48. The Kier molecular flexibility index (Phi) is 9.03. The van der Waals surface area contributed by atoms with Crippen LogP contribution in [0.1, 0.15) is 39.6 Å². The van der Waals surface area contributed by atoms with Crippen LogP contribution in [0.4, 0.5) is 21.0 Å². The number of para-hydroxylation sites is 2. The number of halogens is 1. The molecule has 3 amide bonds. The maximum absolute atomic E-state index is 14.0. The maximum atomic E-state index is 14.0. The van der Waals surface area contributed by atoms with Crippen LogP contribution in [0.25, 0.3) is 16.6 Å². The molecule has 0 radical (unpaired) electrons. The van der Waals surface area contributed by atoms with Crippen molar-refractivity contribution in [2.24, 2.45) is 0 Å². The van der Waals surface area contributed by atoms with Crippen molar-refractivity contribution < 1.29 is 24.5 Å². The monoisotopic (exact) mass is 593 g/mol. The van der Waals surface area contributed by atoms with Crippen LogP contribution < -0.4 is 20.9 Å². The number of fused-ring (bicyclic) bond motifs is 1. The molecule has 0 aliphatic rings. The molecule has 4 rings (SSSR count). The van der Waals surface area contributed by atoms with Gasteiger partial charge in [-0.2, -0.15) is 0 Å². The zero-order valence-electron chi connectivity index (χ0n) is 23.6. The quantitative estimate of drug-likeness (QED) is 0.199. The summed E-state index contributed by atoms with van der Waals surface area (Å²) in [6, 6.07) is 16.8. The summed E-state index contributed by atoms with van der Waals surface area (Å²) in [6.07, 6.45) is -1.17. The normalized spacial score (nSPS) is 12.0. The molecule has 3 aromatic carbocycles. The van der Waals surface area contributed by atoms with Crippen LogP contribution in [0, 0.1) is 0 Å². The van der Waals surface area contributed by atoms with Crippen LogP contribution in [0.15, 0.2) is 71.5 Å². The largest absolute Gasteiger partial charge is 0.489 e. The summed E-state index contributed by atoms with van der Waals surface area (Å²) in [5.74, 6) is 0.574. The molecule has 1 atom stereocenters. The highest BCUT2D eigenvalue weighted by atomic mass is 35.5. The summed E-state index contributed by atoms with van der Waals surface area (Å²) in [6.45, 7) is 6.83. The van der Waals surface area contributed by atoms with Gasteiger partial charge in [0.25, 0.3) is 5.56 Å². The average molecular weight is 594 g/mol. The third-order valence-electron chi connectivity index (χ3n) is 6.41. The lowest BCUT2D eigenvalue weighted by Gasteiger charge is -2.38. The van der Waals surface area contributed by atoms with E-state index in [4.69, 9.17) is 26.4 Å². The van der Waals surface area contributed by atoms with E-state index in [2.05, 4.69) is 10.6 Å². The van der Waals surface area contributed by atoms with E-state index in [0.717, 1.165) is 0 Å². The number of rotatable bonds is 8. The Hall–Kier alpha value is -4.61. The van der Waals surface area contributed by atoms with E-state index in [9.17, 15) is 19.5 Å². The van der Waals surface area contributed by atoms with Crippen LogP contribution in [0.2, 0.25) is 5.02 Å². The molecule has 1 aromatic heterocycles. The number of aromatic nitrogens is 2. The fourth-order valence-corrected chi connectivity index (χ4v) is 4.99. The number of anilines is 2. The van der Waals surface area contributed by atoms with Gasteiger partial charge < -0.3 is 25.6 Å². The number of carbonyl (C=O) groups excluding carboxylic acids is 1. The highest BCUT2D eigenvalue weighted by Crippen LogP contribution is 2.31. The molecular weight excluding hydrogens is 562 g/mol. The smallest absolute Gasteiger partial charge is 0.408 e. The van der Waals surface area contributed by atoms with Crippen molar-refractivity contribution in [3.63, 3.8) is 0 Å². The number of benzene rings is 3. The highest BCUT2D eigenvalue weighted by Gasteiger charge is 2.34. The third-order valence-corrected chi connectivity index (χ3v) is 6.72. The average Bonchev–Trinajstić information content (AvgIpc) is 2.91. The number of carbonyl (C=O) groups is 2. The summed E-state index contributed by atoms with van der Waals surface area (Å²) < 4.78 is 6.79. The topological polar surface area (TPSA) is 146 Å². The molecule has 0 aliphatic carbocycles. The summed E-state index contributed by atoms with van der Waals surface area (Å²) >= 11 is 6.41. The zero-order chi connectivity index (χ0) is 30.6. The molecule has 0 bridgehead atoms. The van der Waals surface area contributed by atoms with Gasteiger partial charge in [-0.1, -0.05) is 35.9 Å². The first-order valence-corrected chi connectivity index (χ1v) is 13.5. The molecule has 0 spiro atoms. The van der Waals surface area contributed by atoms with Gasteiger partial charge in [-0.15, -0.1) is 0 Å². The lowest BCUT2D eigenvalue weighted by atomic mass is 10.0. The molecule has 220 valence electrons. The van der Waals surface area contributed by atoms with Crippen LogP contribution in [0.5, 0.6) is 5.75 Å². The molecule has 11 nitrogen and oxygen atoms in total. The number of ether oxygens (including phenoxy) is 1. The fourth-order valence-electron chi connectivity index (χ4n) is 4.74. The Balaban J connectivity index is 1.77. The van der Waals surface area contributed by atoms with Gasteiger partial charge >= 0.3 is 12.1 Å². The predicted molar refractivity (Wildman–Crippen MR) is 162 cm³/mol. The summed E-state index contributed by atoms with van der Waals surface area (Å²) in [5, 5.41) is 25.0. The number of nitrogens with zero attached hydrogens (tertiary/aromatic N) is 3. The molecule has 0 aliphatic heterocycles. The van der Waals surface area contributed by atoms with Gasteiger partial charge in [0.2, 0.25) is 0 Å². The number of nitrogens with one attached hydrogen (secondary N) is 2. The lowest BCUT2D eigenvalue weighted by Crippen LogP contribution is -2.47. The molecule has 4 N–H and O–H groups in total. The Morgan fingerprint density at radius 1 is 1.07 bits per heavy atom. The second kappa shape index (κ2) is 12.5. The number of aliphatic hydroxyl groups excluding tert-OH is 1. The standard InChI is InChI=1S/C30H32ClN5O6/c1-18(36(29(40)41)30(2,3)4)26-33-23-13-8-11-21(31)25(23)27(38)35(26)20-10-7-9-19(17-20)32-28(39)34-22-12-5-6-14-24(22)42-16-15-37/h5-14,17-18,37H,15-16H2,1-4H3,(H,40,41)(H2,32,34,39)/t18-/m0/s1. The van der Waals surface area contributed by atoms with Crippen molar-refractivity contribution in [3.8, 4) is 11.4 Å². The SMILES string of the molecule is C[C@@H](c1nc2cccc(Cl)c2c(=O)n1-c1cccc(NC(=O)Nc2ccccc2OCCO)c1)N(C(=O)O)C(C)(C)C. The van der Waals surface area contributed by atoms with Crippen LogP contribution in [-0.4, -0.2) is 55.5 Å². The van der Waals surface area contributed by atoms with Crippen molar-refractivity contribution in [1.29, 1.82) is 0 Å². The molecule has 1 heterocycles. The van der Waals surface area contributed by atoms with Crippen molar-refractivity contribution >= 4 is 46.0 Å². The minimum atomic E-state index is -1.17. The van der Waals surface area contributed by atoms with Gasteiger partial charge in [-0.05, 0) is 70.2 Å². The van der Waals surface area contributed by atoms with Crippen LogP contribution >= 0.6 is 11.6 Å². The predicted octanol–water partition coefficient (Wildman–Crippen LogP) is 5.89. The van der Waals surface area contributed by atoms with E-state index < -0.39 is 29.3 Å². The van der Waals surface area contributed by atoms with Gasteiger partial charge in [0.1, 0.15) is 18.2 Å². The minimum Gasteiger partial charge on any atom is -0.489 e. The molecule has 12 heteroatoms. The first kappa shape index (κ1) is 30.4. The number of urea groups is 1. The summed E-state index contributed by atoms with van der Waals surface area (Å²) in [4.78, 5) is 45.1. The Labute approximate surface area is 247 Å². The molecular formula is C30H32ClN5O6. The number of hydrogen-bond donors (Lipinski definition) is 4. The van der Waals surface area contributed by atoms with Crippen molar-refractivity contribution in [1.82, 2.24) is 14.5 Å². The van der Waals surface area contributed by atoms with Crippen molar-refractivity contribution in [2.45, 2.75) is 39.3 Å². The highest BCUT2D eigenvalue weighted by molar-refractivity contribution is 6.35. The molecule has 0 fully saturated rings. The number of aliphatic hydroxyl groups is 1. The van der Waals surface area contributed by atoms with Gasteiger partial charge in [0.15, 0.2) is 0 Å². The second-order valence-electron chi connectivity index (χ2n) is 10.4. The zero-order valence-corrected chi connectivity index (χ0v) is 24.3. The second-order valence-corrected chi connectivity index (χ2v) is 10.8. The van der Waals surface area contributed by atoms with E-state index >= 15 is 0 Å². The van der Waals surface area contributed by atoms with Gasteiger partial charge in [0, 0.05) is 11.2 Å². The van der Waals surface area contributed by atoms with E-state index in [1.165, 1.54) is 9.47 Å². The van der Waals surface area contributed by atoms with Gasteiger partial charge in [-0.25, -0.2) is 14.6 Å². The number of amides is 3. The Morgan fingerprint density at radius 2 is 1.79 bits per heavy atom. The van der Waals surface area contributed by atoms with Crippen LogP contribution in [0.3, 0.4) is 0 Å². The molecule has 0 saturated carbocycles. The number of carboxylic acid groups (broad SMARTS) is 1. The van der Waals surface area contributed by atoms with E-state index in [1.54, 1.807) is 94.4 Å². The van der Waals surface area contributed by atoms with E-state index in [-0.39, 0.29) is 29.4 Å². The van der Waals surface area contributed by atoms with Gasteiger partial charge in [0.05, 0.1) is 39.9 Å². The van der Waals surface area contributed by atoms with E-state index in [0.29, 0.717) is 28.3 Å². The first-order chi connectivity index (χ1) is 19.9. The minimum absolute atomic E-state index is 0.0657. The maximum Gasteiger partial charge on any atom is 0.408 e. The number of hydrogen-bond acceptors (Lipinski definition) is 6.